The lowest BCUT2D eigenvalue weighted by molar-refractivity contribution is -0.117. The summed E-state index contributed by atoms with van der Waals surface area (Å²) in [5.41, 5.74) is 0.640. The van der Waals surface area contributed by atoms with Gasteiger partial charge < -0.3 is 20.5 Å². The summed E-state index contributed by atoms with van der Waals surface area (Å²) in [5, 5.41) is 15.2. The highest BCUT2D eigenvalue weighted by molar-refractivity contribution is 5.95. The number of β-amino-alcohol motifs (C(OH)–C–C–N with tert-alkyl or cyclic N) is 1. The maximum atomic E-state index is 12.1. The molecule has 0 aliphatic carbocycles. The molecule has 2 heterocycles. The van der Waals surface area contributed by atoms with Crippen molar-refractivity contribution in [1.82, 2.24) is 10.3 Å². The molecule has 0 spiro atoms. The fourth-order valence-electron chi connectivity index (χ4n) is 2.31. The van der Waals surface area contributed by atoms with Crippen LogP contribution in [0.4, 0.5) is 5.69 Å². The van der Waals surface area contributed by atoms with Gasteiger partial charge >= 0.3 is 0 Å². The Kier molecular flexibility index (Phi) is 7.94. The average molecular weight is 372 g/mol. The lowest BCUT2D eigenvalue weighted by Crippen LogP contribution is -2.35. The number of anilines is 1. The van der Waals surface area contributed by atoms with E-state index in [1.165, 1.54) is 0 Å². The van der Waals surface area contributed by atoms with Gasteiger partial charge in [-0.1, -0.05) is 12.1 Å². The Balaban J connectivity index is 0.00000144. The summed E-state index contributed by atoms with van der Waals surface area (Å²) in [6.45, 7) is 0.445. The summed E-state index contributed by atoms with van der Waals surface area (Å²) in [6, 6.07) is 12.2. The van der Waals surface area contributed by atoms with Gasteiger partial charge in [-0.3, -0.25) is 4.79 Å². The van der Waals surface area contributed by atoms with Crippen LogP contribution in [0.3, 0.4) is 0 Å². The standard InChI is InChI=1S/C16H17N3O3.2ClH/c20-12-9-14(18-10-12)16(21)19-11-4-3-5-13(8-11)22-15-6-1-2-7-17-15;;/h1-8,12,14,18,20H,9-10H2,(H,19,21);2*1H. The second-order valence-corrected chi connectivity index (χ2v) is 5.14. The normalized spacial score (nSPS) is 18.9. The Morgan fingerprint density at radius 2 is 2.08 bits per heavy atom. The van der Waals surface area contributed by atoms with Crippen molar-refractivity contribution < 1.29 is 14.6 Å². The van der Waals surface area contributed by atoms with Gasteiger partial charge in [0.2, 0.25) is 11.8 Å². The molecule has 1 aromatic heterocycles. The molecule has 1 fully saturated rings. The number of aliphatic hydroxyl groups is 1. The Morgan fingerprint density at radius 3 is 2.75 bits per heavy atom. The van der Waals surface area contributed by atoms with E-state index in [-0.39, 0.29) is 36.8 Å². The van der Waals surface area contributed by atoms with Gasteiger partial charge in [0, 0.05) is 30.6 Å². The summed E-state index contributed by atoms with van der Waals surface area (Å²) >= 11 is 0. The molecule has 1 aromatic carbocycles. The number of pyridine rings is 1. The van der Waals surface area contributed by atoms with Crippen molar-refractivity contribution in [2.45, 2.75) is 18.6 Å². The summed E-state index contributed by atoms with van der Waals surface area (Å²) in [4.78, 5) is 16.2. The van der Waals surface area contributed by atoms with E-state index in [9.17, 15) is 9.90 Å². The Morgan fingerprint density at radius 1 is 1.25 bits per heavy atom. The molecular formula is C16H19Cl2N3O3. The van der Waals surface area contributed by atoms with Crippen LogP contribution in [0.25, 0.3) is 0 Å². The van der Waals surface area contributed by atoms with Crippen molar-refractivity contribution in [2.75, 3.05) is 11.9 Å². The Hall–Kier alpha value is -1.86. The predicted octanol–water partition coefficient (Wildman–Crippen LogP) is 2.38. The number of amides is 1. The molecule has 2 unspecified atom stereocenters. The average Bonchev–Trinajstić information content (AvgIpc) is 2.95. The predicted molar refractivity (Wildman–Crippen MR) is 96.3 cm³/mol. The van der Waals surface area contributed by atoms with Gasteiger partial charge in [-0.15, -0.1) is 24.8 Å². The molecule has 1 aliphatic heterocycles. The number of aliphatic hydroxyl groups excluding tert-OH is 1. The summed E-state index contributed by atoms with van der Waals surface area (Å²) < 4.78 is 5.63. The van der Waals surface area contributed by atoms with Crippen LogP contribution in [0.1, 0.15) is 6.42 Å². The van der Waals surface area contributed by atoms with Crippen LogP contribution in [0.15, 0.2) is 48.7 Å². The van der Waals surface area contributed by atoms with Crippen LogP contribution in [0.2, 0.25) is 0 Å². The minimum atomic E-state index is -0.463. The third kappa shape index (κ3) is 5.35. The smallest absolute Gasteiger partial charge is 0.241 e. The third-order valence-corrected chi connectivity index (χ3v) is 3.39. The van der Waals surface area contributed by atoms with Crippen molar-refractivity contribution >= 4 is 36.4 Å². The highest BCUT2D eigenvalue weighted by atomic mass is 35.5. The van der Waals surface area contributed by atoms with Crippen LogP contribution < -0.4 is 15.4 Å². The molecule has 1 amide bonds. The van der Waals surface area contributed by atoms with Gasteiger partial charge in [-0.2, -0.15) is 0 Å². The second kappa shape index (κ2) is 9.44. The van der Waals surface area contributed by atoms with Gasteiger partial charge in [0.15, 0.2) is 0 Å². The number of nitrogens with zero attached hydrogens (tertiary/aromatic N) is 1. The first kappa shape index (κ1) is 20.2. The zero-order chi connectivity index (χ0) is 15.4. The molecule has 24 heavy (non-hydrogen) atoms. The van der Waals surface area contributed by atoms with Gasteiger partial charge in [-0.25, -0.2) is 4.98 Å². The Bertz CT molecular complexity index is 658. The van der Waals surface area contributed by atoms with Crippen molar-refractivity contribution in [3.63, 3.8) is 0 Å². The molecule has 8 heteroatoms. The fourth-order valence-corrected chi connectivity index (χ4v) is 2.31. The van der Waals surface area contributed by atoms with Gasteiger partial charge in [-0.05, 0) is 24.6 Å². The maximum Gasteiger partial charge on any atom is 0.241 e. The lowest BCUT2D eigenvalue weighted by Gasteiger charge is -2.12. The molecule has 0 saturated carbocycles. The topological polar surface area (TPSA) is 83.5 Å². The van der Waals surface area contributed by atoms with Crippen LogP contribution in [0.5, 0.6) is 11.6 Å². The molecule has 1 saturated heterocycles. The number of nitrogens with one attached hydrogen (secondary N) is 2. The molecule has 130 valence electrons. The number of ether oxygens (including phenoxy) is 1. The van der Waals surface area contributed by atoms with Crippen LogP contribution in [-0.2, 0) is 4.79 Å². The van der Waals surface area contributed by atoms with Gasteiger partial charge in [0.25, 0.3) is 0 Å². The maximum absolute atomic E-state index is 12.1. The first-order chi connectivity index (χ1) is 10.7. The van der Waals surface area contributed by atoms with Gasteiger partial charge in [0.05, 0.1) is 12.1 Å². The van der Waals surface area contributed by atoms with E-state index in [2.05, 4.69) is 15.6 Å². The van der Waals surface area contributed by atoms with E-state index < -0.39 is 6.10 Å². The number of halogens is 2. The molecule has 6 nitrogen and oxygen atoms in total. The minimum absolute atomic E-state index is 0. The largest absolute Gasteiger partial charge is 0.439 e. The fraction of sp³-hybridized carbons (Fsp3) is 0.250. The van der Waals surface area contributed by atoms with E-state index in [1.54, 1.807) is 36.5 Å². The molecule has 1 aliphatic rings. The third-order valence-electron chi connectivity index (χ3n) is 3.39. The number of hydrogen-bond acceptors (Lipinski definition) is 5. The van der Waals surface area contributed by atoms with Crippen molar-refractivity contribution in [1.29, 1.82) is 0 Å². The van der Waals surface area contributed by atoms with Crippen molar-refractivity contribution in [2.24, 2.45) is 0 Å². The second-order valence-electron chi connectivity index (χ2n) is 5.14. The number of hydrogen-bond donors (Lipinski definition) is 3. The number of rotatable bonds is 4. The SMILES string of the molecule is Cl.Cl.O=C(Nc1cccc(Oc2ccccn2)c1)C1CC(O)CN1. The highest BCUT2D eigenvalue weighted by Crippen LogP contribution is 2.22. The summed E-state index contributed by atoms with van der Waals surface area (Å²) in [5.74, 6) is 0.925. The quantitative estimate of drug-likeness (QED) is 0.768. The van der Waals surface area contributed by atoms with Crippen LogP contribution >= 0.6 is 24.8 Å². The van der Waals surface area contributed by atoms with E-state index >= 15 is 0 Å². The summed E-state index contributed by atoms with van der Waals surface area (Å²) in [7, 11) is 0. The van der Waals surface area contributed by atoms with E-state index in [0.29, 0.717) is 30.3 Å². The minimum Gasteiger partial charge on any atom is -0.439 e. The molecule has 2 aromatic rings. The van der Waals surface area contributed by atoms with E-state index in [4.69, 9.17) is 4.74 Å². The number of benzene rings is 1. The van der Waals surface area contributed by atoms with Gasteiger partial charge in [0.1, 0.15) is 5.75 Å². The van der Waals surface area contributed by atoms with Crippen LogP contribution in [0, 0.1) is 0 Å². The molecule has 3 N–H and O–H groups in total. The zero-order valence-electron chi connectivity index (χ0n) is 12.7. The molecule has 2 atom stereocenters. The molecular weight excluding hydrogens is 353 g/mol. The number of carbonyl (C=O) groups excluding carboxylic acids is 1. The highest BCUT2D eigenvalue weighted by Gasteiger charge is 2.27. The number of carbonyl (C=O) groups is 1. The lowest BCUT2D eigenvalue weighted by atomic mass is 10.2. The first-order valence-corrected chi connectivity index (χ1v) is 7.12. The first-order valence-electron chi connectivity index (χ1n) is 7.12. The monoisotopic (exact) mass is 371 g/mol. The molecule has 3 rings (SSSR count). The molecule has 0 bridgehead atoms. The van der Waals surface area contributed by atoms with Crippen molar-refractivity contribution in [3.8, 4) is 11.6 Å². The van der Waals surface area contributed by atoms with E-state index in [1.807, 2.05) is 12.1 Å². The zero-order valence-corrected chi connectivity index (χ0v) is 14.3. The van der Waals surface area contributed by atoms with Crippen molar-refractivity contribution in [3.05, 3.63) is 48.7 Å². The van der Waals surface area contributed by atoms with E-state index in [0.717, 1.165) is 0 Å². The molecule has 0 radical (unpaired) electrons. The Labute approximate surface area is 152 Å². The number of aromatic nitrogens is 1. The summed E-state index contributed by atoms with van der Waals surface area (Å²) in [6.07, 6.45) is 1.61. The van der Waals surface area contributed by atoms with Crippen LogP contribution in [-0.4, -0.2) is 34.7 Å².